The van der Waals surface area contributed by atoms with Crippen LogP contribution >= 0.6 is 0 Å². The van der Waals surface area contributed by atoms with Crippen LogP contribution in [0.2, 0.25) is 0 Å². The third-order valence-electron chi connectivity index (χ3n) is 6.18. The highest BCUT2D eigenvalue weighted by Gasteiger charge is 2.23. The summed E-state index contributed by atoms with van der Waals surface area (Å²) in [5.74, 6) is 0.848. The van der Waals surface area contributed by atoms with Crippen molar-refractivity contribution >= 4 is 17.4 Å². The number of phenols is 1. The molecule has 0 saturated carbocycles. The van der Waals surface area contributed by atoms with E-state index < -0.39 is 0 Å². The van der Waals surface area contributed by atoms with Gasteiger partial charge >= 0.3 is 0 Å². The van der Waals surface area contributed by atoms with E-state index in [-0.39, 0.29) is 28.8 Å². The number of hydrogen-bond donors (Lipinski definition) is 2. The normalized spacial score (nSPS) is 12.3. The number of methoxy groups -OCH3 is 1. The summed E-state index contributed by atoms with van der Waals surface area (Å²) in [6.07, 6.45) is 5.57. The summed E-state index contributed by atoms with van der Waals surface area (Å²) in [6.45, 7) is 10.1. The van der Waals surface area contributed by atoms with E-state index in [4.69, 9.17) is 4.74 Å². The highest BCUT2D eigenvalue weighted by Crippen LogP contribution is 2.36. The number of rotatable bonds is 12. The zero-order valence-electron chi connectivity index (χ0n) is 21.7. The Morgan fingerprint density at radius 3 is 2.44 bits per heavy atom. The third-order valence-corrected chi connectivity index (χ3v) is 6.18. The molecular weight excluding hydrogens is 426 g/mol. The summed E-state index contributed by atoms with van der Waals surface area (Å²) in [7, 11) is 1.59. The number of carbonyl (C=O) groups is 2. The minimum absolute atomic E-state index is 0.0129. The number of ketones is 1. The number of ether oxygens (including phenoxy) is 1. The van der Waals surface area contributed by atoms with E-state index >= 15 is 0 Å². The van der Waals surface area contributed by atoms with E-state index in [0.717, 1.165) is 48.1 Å². The molecule has 0 aromatic heterocycles. The van der Waals surface area contributed by atoms with Crippen LogP contribution < -0.4 is 10.1 Å². The number of aryl methyl sites for hydroxylation is 1. The van der Waals surface area contributed by atoms with Crippen molar-refractivity contribution in [3.8, 4) is 11.5 Å². The van der Waals surface area contributed by atoms with Crippen LogP contribution in [0.3, 0.4) is 0 Å². The number of amides is 1. The maximum atomic E-state index is 13.3. The quantitative estimate of drug-likeness (QED) is 0.332. The maximum absolute atomic E-state index is 13.3. The first kappa shape index (κ1) is 27.4. The molecule has 0 spiro atoms. The molecule has 2 rings (SSSR count). The summed E-state index contributed by atoms with van der Waals surface area (Å²) in [4.78, 5) is 24.7. The fourth-order valence-corrected chi connectivity index (χ4v) is 4.30. The number of carbonyl (C=O) groups excluding carboxylic acids is 2. The first-order valence-electron chi connectivity index (χ1n) is 12.3. The molecule has 0 fully saturated rings. The van der Waals surface area contributed by atoms with Crippen molar-refractivity contribution in [2.45, 2.75) is 90.9 Å². The van der Waals surface area contributed by atoms with Crippen molar-refractivity contribution in [3.63, 3.8) is 0 Å². The molecule has 5 nitrogen and oxygen atoms in total. The summed E-state index contributed by atoms with van der Waals surface area (Å²) in [5.41, 5.74) is 3.72. The van der Waals surface area contributed by atoms with E-state index in [9.17, 15) is 14.7 Å². The van der Waals surface area contributed by atoms with Gasteiger partial charge in [-0.15, -0.1) is 0 Å². The molecule has 2 N–H and O–H groups in total. The third kappa shape index (κ3) is 8.19. The van der Waals surface area contributed by atoms with Gasteiger partial charge in [0.15, 0.2) is 0 Å². The van der Waals surface area contributed by atoms with Crippen LogP contribution in [0.25, 0.3) is 0 Å². The minimum Gasteiger partial charge on any atom is -0.508 e. The van der Waals surface area contributed by atoms with Crippen LogP contribution in [-0.2, 0) is 21.4 Å². The molecule has 2 aromatic carbocycles. The van der Waals surface area contributed by atoms with Crippen LogP contribution in [0, 0.1) is 0 Å². The first-order chi connectivity index (χ1) is 16.0. The molecule has 1 unspecified atom stereocenters. The van der Waals surface area contributed by atoms with Crippen LogP contribution in [0.5, 0.6) is 11.5 Å². The first-order valence-corrected chi connectivity index (χ1v) is 12.3. The predicted molar refractivity (Wildman–Crippen MR) is 139 cm³/mol. The van der Waals surface area contributed by atoms with Gasteiger partial charge in [-0.3, -0.25) is 4.79 Å². The van der Waals surface area contributed by atoms with Crippen LogP contribution in [0.1, 0.15) is 95.8 Å². The number of nitrogens with one attached hydrogen (secondary N) is 1. The Labute approximate surface area is 204 Å². The Balaban J connectivity index is 2.30. The van der Waals surface area contributed by atoms with Crippen LogP contribution in [0.15, 0.2) is 36.4 Å². The fraction of sp³-hybridized carbons (Fsp3) is 0.517. The van der Waals surface area contributed by atoms with E-state index in [0.29, 0.717) is 25.0 Å². The highest BCUT2D eigenvalue weighted by molar-refractivity contribution is 5.92. The molecule has 0 radical (unpaired) electrons. The highest BCUT2D eigenvalue weighted by atomic mass is 16.5. The maximum Gasteiger partial charge on any atom is 0.224 e. The van der Waals surface area contributed by atoms with Gasteiger partial charge in [-0.25, -0.2) is 0 Å². The Morgan fingerprint density at radius 1 is 1.09 bits per heavy atom. The lowest BCUT2D eigenvalue weighted by Gasteiger charge is -2.25. The van der Waals surface area contributed by atoms with Gasteiger partial charge in [-0.2, -0.15) is 0 Å². The van der Waals surface area contributed by atoms with Crippen molar-refractivity contribution in [3.05, 3.63) is 53.1 Å². The van der Waals surface area contributed by atoms with Gasteiger partial charge in [0.1, 0.15) is 17.3 Å². The lowest BCUT2D eigenvalue weighted by molar-refractivity contribution is -0.117. The standard InChI is InChI=1S/C29H41NO4/c1-7-8-9-10-22(24-15-14-23(32)19-27(24)34-6)18-28(33)30-26-17-21(12-11-20(2)31)13-16-25(26)29(3,4)5/h13-17,19,22,32H,7-12,18H2,1-6H3,(H,30,33). The smallest absolute Gasteiger partial charge is 0.224 e. The van der Waals surface area contributed by atoms with Crippen molar-refractivity contribution in [2.75, 3.05) is 12.4 Å². The Kier molecular flexibility index (Phi) is 10.2. The molecule has 2 aromatic rings. The molecule has 0 aliphatic carbocycles. The molecule has 1 atom stereocenters. The van der Waals surface area contributed by atoms with E-state index in [1.807, 2.05) is 18.2 Å². The number of phenolic OH excluding ortho intramolecular Hbond substituents is 1. The second kappa shape index (κ2) is 12.6. The largest absolute Gasteiger partial charge is 0.508 e. The zero-order valence-corrected chi connectivity index (χ0v) is 21.7. The molecule has 186 valence electrons. The van der Waals surface area contributed by atoms with E-state index in [2.05, 4.69) is 39.1 Å². The second-order valence-electron chi connectivity index (χ2n) is 10.2. The van der Waals surface area contributed by atoms with Gasteiger partial charge in [-0.05, 0) is 59.9 Å². The summed E-state index contributed by atoms with van der Waals surface area (Å²) < 4.78 is 5.52. The van der Waals surface area contributed by atoms with Crippen molar-refractivity contribution in [2.24, 2.45) is 0 Å². The number of unbranched alkanes of at least 4 members (excludes halogenated alkanes) is 2. The molecule has 0 aliphatic heterocycles. The van der Waals surface area contributed by atoms with Crippen molar-refractivity contribution in [1.82, 2.24) is 0 Å². The Bertz CT molecular complexity index is 975. The average Bonchev–Trinajstić information content (AvgIpc) is 2.76. The van der Waals surface area contributed by atoms with Gasteiger partial charge in [0.2, 0.25) is 5.91 Å². The van der Waals surface area contributed by atoms with Crippen LogP contribution in [-0.4, -0.2) is 23.9 Å². The average molecular weight is 468 g/mol. The molecule has 5 heteroatoms. The monoisotopic (exact) mass is 467 g/mol. The molecule has 0 bridgehead atoms. The number of hydrogen-bond acceptors (Lipinski definition) is 4. The Morgan fingerprint density at radius 2 is 1.82 bits per heavy atom. The lowest BCUT2D eigenvalue weighted by Crippen LogP contribution is -2.21. The summed E-state index contributed by atoms with van der Waals surface area (Å²) >= 11 is 0. The Hall–Kier alpha value is -2.82. The SMILES string of the molecule is CCCCCC(CC(=O)Nc1cc(CCC(C)=O)ccc1C(C)(C)C)c1ccc(O)cc1OC. The number of Topliss-reactive ketones (excluding diaryl/α,β-unsaturated/α-hetero) is 1. The van der Waals surface area contributed by atoms with E-state index in [1.54, 1.807) is 26.2 Å². The van der Waals surface area contributed by atoms with Crippen LogP contribution in [0.4, 0.5) is 5.69 Å². The van der Waals surface area contributed by atoms with Gasteiger partial charge in [-0.1, -0.05) is 65.2 Å². The van der Waals surface area contributed by atoms with Gasteiger partial charge in [0.05, 0.1) is 7.11 Å². The number of anilines is 1. The molecule has 0 saturated heterocycles. The number of benzene rings is 2. The second-order valence-corrected chi connectivity index (χ2v) is 10.2. The zero-order chi connectivity index (χ0) is 25.3. The summed E-state index contributed by atoms with van der Waals surface area (Å²) in [5, 5.41) is 13.0. The molecule has 34 heavy (non-hydrogen) atoms. The summed E-state index contributed by atoms with van der Waals surface area (Å²) in [6, 6.07) is 11.2. The molecule has 1 amide bonds. The lowest BCUT2D eigenvalue weighted by atomic mass is 9.84. The molecular formula is C29H41NO4. The molecule has 0 aliphatic rings. The van der Waals surface area contributed by atoms with E-state index in [1.165, 1.54) is 0 Å². The predicted octanol–water partition coefficient (Wildman–Crippen LogP) is 6.91. The van der Waals surface area contributed by atoms with Crippen molar-refractivity contribution < 1.29 is 19.4 Å². The van der Waals surface area contributed by atoms with Gasteiger partial charge in [0.25, 0.3) is 0 Å². The van der Waals surface area contributed by atoms with Gasteiger partial charge in [0, 0.05) is 24.6 Å². The molecule has 0 heterocycles. The number of aromatic hydroxyl groups is 1. The fourth-order valence-electron chi connectivity index (χ4n) is 4.30. The minimum atomic E-state index is -0.136. The van der Waals surface area contributed by atoms with Crippen molar-refractivity contribution in [1.29, 1.82) is 0 Å². The van der Waals surface area contributed by atoms with Gasteiger partial charge < -0.3 is 20.0 Å². The topological polar surface area (TPSA) is 75.6 Å².